The van der Waals surface area contributed by atoms with Gasteiger partial charge < -0.3 is 14.2 Å². The standard InChI is InChI=1S/C17H21N5O4/c1-21(16(23)13-8-4-6-10-22(13)17(24)25-2)11-14-19-15(20-26-14)12-7-3-5-9-18-12/h3,5,7,9,13H,4,6,8,10-11H2,1-2H3/t13-/m0/s1. The minimum Gasteiger partial charge on any atom is -0.453 e. The molecule has 1 atom stereocenters. The van der Waals surface area contributed by atoms with Crippen LogP contribution in [0.1, 0.15) is 25.2 Å². The molecule has 9 nitrogen and oxygen atoms in total. The van der Waals surface area contributed by atoms with Gasteiger partial charge in [0, 0.05) is 19.8 Å². The number of likely N-dealkylation sites (tertiary alicyclic amines) is 1. The molecule has 0 aliphatic carbocycles. The normalized spacial score (nSPS) is 17.0. The van der Waals surface area contributed by atoms with E-state index >= 15 is 0 Å². The zero-order chi connectivity index (χ0) is 18.5. The molecule has 0 unspecified atom stereocenters. The van der Waals surface area contributed by atoms with Gasteiger partial charge in [-0.15, -0.1) is 0 Å². The SMILES string of the molecule is COC(=O)N1CCCC[C@H]1C(=O)N(C)Cc1nc(-c2ccccn2)no1. The third-order valence-corrected chi connectivity index (χ3v) is 4.31. The second-order valence-electron chi connectivity index (χ2n) is 6.10. The Bertz CT molecular complexity index is 764. The van der Waals surface area contributed by atoms with E-state index in [1.807, 2.05) is 6.07 Å². The van der Waals surface area contributed by atoms with E-state index in [1.165, 1.54) is 16.9 Å². The Hall–Kier alpha value is -2.97. The highest BCUT2D eigenvalue weighted by Gasteiger charge is 2.34. The topological polar surface area (TPSA) is 102 Å². The summed E-state index contributed by atoms with van der Waals surface area (Å²) in [5, 5.41) is 3.90. The third kappa shape index (κ3) is 3.81. The maximum absolute atomic E-state index is 12.8. The Labute approximate surface area is 150 Å². The van der Waals surface area contributed by atoms with Crippen LogP contribution in [0.5, 0.6) is 0 Å². The number of carbonyl (C=O) groups is 2. The molecule has 26 heavy (non-hydrogen) atoms. The molecule has 3 rings (SSSR count). The van der Waals surface area contributed by atoms with Crippen LogP contribution >= 0.6 is 0 Å². The van der Waals surface area contributed by atoms with Crippen molar-refractivity contribution in [2.45, 2.75) is 31.8 Å². The molecule has 2 aromatic heterocycles. The lowest BCUT2D eigenvalue weighted by molar-refractivity contribution is -0.137. The number of hydrogen-bond acceptors (Lipinski definition) is 7. The zero-order valence-corrected chi connectivity index (χ0v) is 14.8. The van der Waals surface area contributed by atoms with Gasteiger partial charge in [0.2, 0.25) is 17.6 Å². The number of rotatable bonds is 4. The highest BCUT2D eigenvalue weighted by Crippen LogP contribution is 2.20. The van der Waals surface area contributed by atoms with E-state index in [0.29, 0.717) is 30.4 Å². The minimum absolute atomic E-state index is 0.157. The number of carbonyl (C=O) groups excluding carboxylic acids is 2. The van der Waals surface area contributed by atoms with Crippen molar-refractivity contribution in [3.63, 3.8) is 0 Å². The predicted octanol–water partition coefficient (Wildman–Crippen LogP) is 1.71. The zero-order valence-electron chi connectivity index (χ0n) is 14.8. The second-order valence-corrected chi connectivity index (χ2v) is 6.10. The first-order valence-electron chi connectivity index (χ1n) is 8.43. The lowest BCUT2D eigenvalue weighted by Gasteiger charge is -2.35. The van der Waals surface area contributed by atoms with Crippen molar-refractivity contribution in [2.24, 2.45) is 0 Å². The van der Waals surface area contributed by atoms with Gasteiger partial charge in [0.1, 0.15) is 11.7 Å². The van der Waals surface area contributed by atoms with Crippen molar-refractivity contribution in [1.29, 1.82) is 0 Å². The first-order valence-corrected chi connectivity index (χ1v) is 8.43. The Kier molecular flexibility index (Phi) is 5.45. The van der Waals surface area contributed by atoms with Gasteiger partial charge in [-0.05, 0) is 31.4 Å². The van der Waals surface area contributed by atoms with Crippen molar-refractivity contribution in [2.75, 3.05) is 20.7 Å². The van der Waals surface area contributed by atoms with Crippen LogP contribution in [0.25, 0.3) is 11.5 Å². The first kappa shape index (κ1) is 17.8. The summed E-state index contributed by atoms with van der Waals surface area (Å²) in [6.07, 6.45) is 3.53. The molecule has 0 bridgehead atoms. The van der Waals surface area contributed by atoms with E-state index in [1.54, 1.807) is 25.4 Å². The Morgan fingerprint density at radius 2 is 2.23 bits per heavy atom. The average Bonchev–Trinajstić information content (AvgIpc) is 3.16. The van der Waals surface area contributed by atoms with Crippen LogP contribution in [0.2, 0.25) is 0 Å². The second kappa shape index (κ2) is 7.94. The Morgan fingerprint density at radius 1 is 1.38 bits per heavy atom. The summed E-state index contributed by atoms with van der Waals surface area (Å²) < 4.78 is 10.0. The molecule has 0 radical (unpaired) electrons. The van der Waals surface area contributed by atoms with Gasteiger partial charge in [-0.25, -0.2) is 4.79 Å². The predicted molar refractivity (Wildman–Crippen MR) is 90.8 cm³/mol. The largest absolute Gasteiger partial charge is 0.453 e. The molecule has 2 amide bonds. The van der Waals surface area contributed by atoms with Crippen molar-refractivity contribution in [3.8, 4) is 11.5 Å². The molecule has 1 saturated heterocycles. The Balaban J connectivity index is 1.67. The number of likely N-dealkylation sites (N-methyl/N-ethyl adjacent to an activating group) is 1. The minimum atomic E-state index is -0.528. The van der Waals surface area contributed by atoms with Crippen LogP contribution in [-0.2, 0) is 16.1 Å². The van der Waals surface area contributed by atoms with Crippen LogP contribution < -0.4 is 0 Å². The molecule has 9 heteroatoms. The maximum Gasteiger partial charge on any atom is 0.410 e. The van der Waals surface area contributed by atoms with Crippen molar-refractivity contribution >= 4 is 12.0 Å². The van der Waals surface area contributed by atoms with Gasteiger partial charge in [-0.2, -0.15) is 4.98 Å². The first-order chi connectivity index (χ1) is 12.6. The lowest BCUT2D eigenvalue weighted by atomic mass is 10.0. The van der Waals surface area contributed by atoms with Gasteiger partial charge >= 0.3 is 6.09 Å². The molecule has 138 valence electrons. The van der Waals surface area contributed by atoms with Crippen molar-refractivity contribution < 1.29 is 18.8 Å². The lowest BCUT2D eigenvalue weighted by Crippen LogP contribution is -2.52. The monoisotopic (exact) mass is 359 g/mol. The van der Waals surface area contributed by atoms with E-state index in [9.17, 15) is 9.59 Å². The van der Waals surface area contributed by atoms with E-state index in [-0.39, 0.29) is 12.5 Å². The summed E-state index contributed by atoms with van der Waals surface area (Å²) in [6.45, 7) is 0.672. The molecule has 1 aliphatic heterocycles. The molecular weight excluding hydrogens is 338 g/mol. The number of methoxy groups -OCH3 is 1. The molecule has 2 aromatic rings. The fourth-order valence-corrected chi connectivity index (χ4v) is 2.98. The molecule has 0 saturated carbocycles. The Morgan fingerprint density at radius 3 is 2.96 bits per heavy atom. The van der Waals surface area contributed by atoms with E-state index < -0.39 is 12.1 Å². The number of aromatic nitrogens is 3. The molecule has 0 spiro atoms. The van der Waals surface area contributed by atoms with Crippen LogP contribution in [0, 0.1) is 0 Å². The van der Waals surface area contributed by atoms with E-state index in [2.05, 4.69) is 15.1 Å². The van der Waals surface area contributed by atoms with Gasteiger partial charge in [0.15, 0.2) is 0 Å². The summed E-state index contributed by atoms with van der Waals surface area (Å²) in [5.41, 5.74) is 0.598. The number of hydrogen-bond donors (Lipinski definition) is 0. The van der Waals surface area contributed by atoms with Crippen molar-refractivity contribution in [1.82, 2.24) is 24.9 Å². The number of amides is 2. The van der Waals surface area contributed by atoms with Gasteiger partial charge in [-0.3, -0.25) is 14.7 Å². The number of piperidine rings is 1. The highest BCUT2D eigenvalue weighted by atomic mass is 16.5. The van der Waals surface area contributed by atoms with Crippen LogP contribution in [0.15, 0.2) is 28.9 Å². The van der Waals surface area contributed by atoms with Gasteiger partial charge in [0.05, 0.1) is 13.7 Å². The van der Waals surface area contributed by atoms with E-state index in [4.69, 9.17) is 9.26 Å². The van der Waals surface area contributed by atoms with E-state index in [0.717, 1.165) is 12.8 Å². The summed E-state index contributed by atoms with van der Waals surface area (Å²) >= 11 is 0. The average molecular weight is 359 g/mol. The van der Waals surface area contributed by atoms with Crippen LogP contribution in [-0.4, -0.2) is 63.7 Å². The summed E-state index contributed by atoms with van der Waals surface area (Å²) in [7, 11) is 2.97. The van der Waals surface area contributed by atoms with Crippen molar-refractivity contribution in [3.05, 3.63) is 30.3 Å². The highest BCUT2D eigenvalue weighted by molar-refractivity contribution is 5.85. The van der Waals surface area contributed by atoms with Crippen LogP contribution in [0.3, 0.4) is 0 Å². The summed E-state index contributed by atoms with van der Waals surface area (Å²) in [6, 6.07) is 4.88. The summed E-state index contributed by atoms with van der Waals surface area (Å²) in [4.78, 5) is 36.1. The molecule has 1 fully saturated rings. The summed E-state index contributed by atoms with van der Waals surface area (Å²) in [5.74, 6) is 0.505. The number of pyridine rings is 1. The number of ether oxygens (including phenoxy) is 1. The number of nitrogens with zero attached hydrogens (tertiary/aromatic N) is 5. The smallest absolute Gasteiger partial charge is 0.410 e. The van der Waals surface area contributed by atoms with Gasteiger partial charge in [-0.1, -0.05) is 11.2 Å². The molecular formula is C17H21N5O4. The quantitative estimate of drug-likeness (QED) is 0.819. The third-order valence-electron chi connectivity index (χ3n) is 4.31. The molecule has 3 heterocycles. The molecule has 1 aliphatic rings. The molecule has 0 N–H and O–H groups in total. The molecule has 0 aromatic carbocycles. The fourth-order valence-electron chi connectivity index (χ4n) is 2.98. The van der Waals surface area contributed by atoms with Crippen LogP contribution in [0.4, 0.5) is 4.79 Å². The van der Waals surface area contributed by atoms with Gasteiger partial charge in [0.25, 0.3) is 0 Å². The maximum atomic E-state index is 12.8. The fraction of sp³-hybridized carbons (Fsp3) is 0.471.